The topological polar surface area (TPSA) is 91.0 Å². The maximum absolute atomic E-state index is 14.1. The zero-order chi connectivity index (χ0) is 22.9. The normalized spacial score (nSPS) is 14.5. The molecule has 0 unspecified atom stereocenters. The number of hydrogen-bond donors (Lipinski definition) is 2. The summed E-state index contributed by atoms with van der Waals surface area (Å²) in [5.41, 5.74) is 1.77. The van der Waals surface area contributed by atoms with Crippen molar-refractivity contribution >= 4 is 51.3 Å². The molecule has 1 saturated heterocycles. The molecule has 0 saturated carbocycles. The molecule has 4 aromatic rings. The van der Waals surface area contributed by atoms with Gasteiger partial charge in [0.05, 0.1) is 27.3 Å². The van der Waals surface area contributed by atoms with Crippen LogP contribution >= 0.6 is 22.9 Å². The lowest BCUT2D eigenvalue weighted by Gasteiger charge is -2.31. The van der Waals surface area contributed by atoms with E-state index in [4.69, 9.17) is 11.6 Å². The first-order chi connectivity index (χ1) is 16.0. The molecule has 2 aromatic carbocycles. The van der Waals surface area contributed by atoms with Crippen LogP contribution in [0, 0.1) is 5.82 Å². The molecule has 0 aliphatic carbocycles. The second-order valence-corrected chi connectivity index (χ2v) is 9.16. The fraction of sp³-hybridized carbons (Fsp3) is 0.217. The number of nitrogens with zero attached hydrogens (tertiary/aromatic N) is 3. The van der Waals surface area contributed by atoms with Gasteiger partial charge in [-0.25, -0.2) is 9.37 Å². The summed E-state index contributed by atoms with van der Waals surface area (Å²) in [5, 5.41) is 13.4. The van der Waals surface area contributed by atoms with Gasteiger partial charge in [0, 0.05) is 35.5 Å². The number of aromatic amines is 1. The number of carbonyl (C=O) groups excluding carboxylic acids is 2. The van der Waals surface area contributed by atoms with E-state index in [1.165, 1.54) is 29.5 Å². The molecule has 1 fully saturated rings. The maximum Gasteiger partial charge on any atom is 0.275 e. The molecule has 2 aromatic heterocycles. The molecule has 168 valence electrons. The van der Waals surface area contributed by atoms with Crippen LogP contribution < -0.4 is 5.32 Å². The zero-order valence-corrected chi connectivity index (χ0v) is 18.9. The third-order valence-electron chi connectivity index (χ3n) is 5.76. The SMILES string of the molecule is O=C(Nc1ccc2cn[nH]c2c1)c1csc(C2CCN(C(=O)c3c(F)cccc3Cl)CC2)n1. The van der Waals surface area contributed by atoms with Gasteiger partial charge < -0.3 is 10.2 Å². The summed E-state index contributed by atoms with van der Waals surface area (Å²) in [6, 6.07) is 9.75. The Hall–Kier alpha value is -3.30. The lowest BCUT2D eigenvalue weighted by atomic mass is 9.97. The monoisotopic (exact) mass is 483 g/mol. The summed E-state index contributed by atoms with van der Waals surface area (Å²) < 4.78 is 14.1. The van der Waals surface area contributed by atoms with E-state index in [2.05, 4.69) is 20.5 Å². The Kier molecular flexibility index (Phi) is 5.82. The minimum absolute atomic E-state index is 0.0841. The van der Waals surface area contributed by atoms with E-state index in [1.54, 1.807) is 16.5 Å². The maximum atomic E-state index is 14.1. The van der Waals surface area contributed by atoms with Gasteiger partial charge >= 0.3 is 0 Å². The Morgan fingerprint density at radius 3 is 2.82 bits per heavy atom. The zero-order valence-electron chi connectivity index (χ0n) is 17.3. The molecule has 10 heteroatoms. The van der Waals surface area contributed by atoms with Crippen LogP contribution in [0.3, 0.4) is 0 Å². The molecular formula is C23H19ClFN5O2S. The number of hydrogen-bond acceptors (Lipinski definition) is 5. The standard InChI is InChI=1S/C23H19ClFN5O2S/c24-16-2-1-3-17(25)20(16)23(32)30-8-6-13(7-9-30)22-28-19(12-33-22)21(31)27-15-5-4-14-11-26-29-18(14)10-15/h1-5,10-13H,6-9H2,(H,26,29)(H,27,31). The highest BCUT2D eigenvalue weighted by atomic mass is 35.5. The molecule has 5 rings (SSSR count). The third kappa shape index (κ3) is 4.34. The second-order valence-electron chi connectivity index (χ2n) is 7.86. The predicted octanol–water partition coefficient (Wildman–Crippen LogP) is 5.08. The predicted molar refractivity (Wildman–Crippen MR) is 125 cm³/mol. The smallest absolute Gasteiger partial charge is 0.275 e. The number of fused-ring (bicyclic) bond motifs is 1. The lowest BCUT2D eigenvalue weighted by molar-refractivity contribution is 0.0708. The summed E-state index contributed by atoms with van der Waals surface area (Å²) >= 11 is 7.48. The van der Waals surface area contributed by atoms with Crippen molar-refractivity contribution in [3.63, 3.8) is 0 Å². The fourth-order valence-electron chi connectivity index (χ4n) is 3.98. The van der Waals surface area contributed by atoms with Crippen molar-refractivity contribution in [1.29, 1.82) is 0 Å². The van der Waals surface area contributed by atoms with Crippen molar-refractivity contribution in [2.24, 2.45) is 0 Å². The molecule has 33 heavy (non-hydrogen) atoms. The second kappa shape index (κ2) is 8.92. The Morgan fingerprint density at radius 2 is 2.03 bits per heavy atom. The van der Waals surface area contributed by atoms with E-state index in [0.717, 1.165) is 15.9 Å². The van der Waals surface area contributed by atoms with E-state index < -0.39 is 11.7 Å². The molecule has 1 aliphatic rings. The summed E-state index contributed by atoms with van der Waals surface area (Å²) in [4.78, 5) is 31.6. The molecule has 2 N–H and O–H groups in total. The molecule has 0 atom stereocenters. The van der Waals surface area contributed by atoms with Gasteiger partial charge in [-0.2, -0.15) is 5.10 Å². The number of thiazole rings is 1. The van der Waals surface area contributed by atoms with E-state index in [0.29, 0.717) is 37.3 Å². The van der Waals surface area contributed by atoms with Crippen molar-refractivity contribution in [2.75, 3.05) is 18.4 Å². The van der Waals surface area contributed by atoms with Gasteiger partial charge in [-0.3, -0.25) is 14.7 Å². The van der Waals surface area contributed by atoms with Crippen LogP contribution in [0.15, 0.2) is 48.0 Å². The van der Waals surface area contributed by atoms with Crippen molar-refractivity contribution in [3.05, 3.63) is 75.1 Å². The number of halogens is 2. The van der Waals surface area contributed by atoms with Gasteiger partial charge in [0.2, 0.25) is 0 Å². The quantitative estimate of drug-likeness (QED) is 0.423. The number of aromatic nitrogens is 3. The summed E-state index contributed by atoms with van der Waals surface area (Å²) in [6.45, 7) is 0.943. The van der Waals surface area contributed by atoms with Crippen LogP contribution in [0.5, 0.6) is 0 Å². The van der Waals surface area contributed by atoms with Crippen LogP contribution in [0.2, 0.25) is 5.02 Å². The first-order valence-electron chi connectivity index (χ1n) is 10.4. The van der Waals surface area contributed by atoms with Gasteiger partial charge in [-0.1, -0.05) is 17.7 Å². The third-order valence-corrected chi connectivity index (χ3v) is 7.08. The molecule has 0 bridgehead atoms. The van der Waals surface area contributed by atoms with Gasteiger partial charge in [-0.15, -0.1) is 11.3 Å². The molecule has 7 nitrogen and oxygen atoms in total. The van der Waals surface area contributed by atoms with E-state index in [9.17, 15) is 14.0 Å². The highest BCUT2D eigenvalue weighted by molar-refractivity contribution is 7.10. The Bertz CT molecular complexity index is 1330. The summed E-state index contributed by atoms with van der Waals surface area (Å²) in [7, 11) is 0. The number of rotatable bonds is 4. The molecular weight excluding hydrogens is 465 g/mol. The molecule has 0 radical (unpaired) electrons. The van der Waals surface area contributed by atoms with Crippen molar-refractivity contribution < 1.29 is 14.0 Å². The highest BCUT2D eigenvalue weighted by Crippen LogP contribution is 2.32. The number of anilines is 1. The molecule has 3 heterocycles. The Balaban J connectivity index is 1.22. The number of amides is 2. The first kappa shape index (κ1) is 21.5. The summed E-state index contributed by atoms with van der Waals surface area (Å²) in [5.74, 6) is -1.15. The van der Waals surface area contributed by atoms with Crippen LogP contribution in [0.25, 0.3) is 10.9 Å². The fourth-order valence-corrected chi connectivity index (χ4v) is 5.19. The minimum atomic E-state index is -0.614. The highest BCUT2D eigenvalue weighted by Gasteiger charge is 2.29. The Morgan fingerprint density at radius 1 is 1.21 bits per heavy atom. The minimum Gasteiger partial charge on any atom is -0.338 e. The number of benzene rings is 2. The molecule has 2 amide bonds. The van der Waals surface area contributed by atoms with Crippen molar-refractivity contribution in [1.82, 2.24) is 20.1 Å². The van der Waals surface area contributed by atoms with Gasteiger partial charge in [0.1, 0.15) is 11.5 Å². The average molecular weight is 484 g/mol. The van der Waals surface area contributed by atoms with Crippen LogP contribution in [0.4, 0.5) is 10.1 Å². The number of carbonyl (C=O) groups is 2. The number of piperidine rings is 1. The van der Waals surface area contributed by atoms with Crippen molar-refractivity contribution in [3.8, 4) is 0 Å². The van der Waals surface area contributed by atoms with Gasteiger partial charge in [0.15, 0.2) is 0 Å². The number of nitrogens with one attached hydrogen (secondary N) is 2. The van der Waals surface area contributed by atoms with E-state index >= 15 is 0 Å². The van der Waals surface area contributed by atoms with E-state index in [-0.39, 0.29) is 22.4 Å². The molecule has 0 spiro atoms. The van der Waals surface area contributed by atoms with Crippen LogP contribution in [0.1, 0.15) is 44.6 Å². The van der Waals surface area contributed by atoms with Gasteiger partial charge in [-0.05, 0) is 43.2 Å². The number of likely N-dealkylation sites (tertiary alicyclic amines) is 1. The van der Waals surface area contributed by atoms with Crippen LogP contribution in [-0.4, -0.2) is 45.0 Å². The lowest BCUT2D eigenvalue weighted by Crippen LogP contribution is -2.38. The van der Waals surface area contributed by atoms with Gasteiger partial charge in [0.25, 0.3) is 11.8 Å². The van der Waals surface area contributed by atoms with Crippen molar-refractivity contribution in [2.45, 2.75) is 18.8 Å². The molecule has 1 aliphatic heterocycles. The first-order valence-corrected chi connectivity index (χ1v) is 11.7. The number of H-pyrrole nitrogens is 1. The van der Waals surface area contributed by atoms with E-state index in [1.807, 2.05) is 18.2 Å². The largest absolute Gasteiger partial charge is 0.338 e. The van der Waals surface area contributed by atoms with Crippen LogP contribution in [-0.2, 0) is 0 Å². The summed E-state index contributed by atoms with van der Waals surface area (Å²) in [6.07, 6.45) is 3.09. The Labute approximate surface area is 197 Å². The average Bonchev–Trinajstić information content (AvgIpc) is 3.49.